The average Bonchev–Trinajstić information content (AvgIpc) is 3.25. The van der Waals surface area contributed by atoms with E-state index in [0.29, 0.717) is 24.9 Å². The Morgan fingerprint density at radius 2 is 1.62 bits per heavy atom. The molecule has 1 N–H and O–H groups in total. The van der Waals surface area contributed by atoms with Crippen molar-refractivity contribution in [3.05, 3.63) is 89.5 Å². The van der Waals surface area contributed by atoms with Crippen LogP contribution in [0.5, 0.6) is 5.75 Å². The zero-order chi connectivity index (χ0) is 24.1. The van der Waals surface area contributed by atoms with Gasteiger partial charge >= 0.3 is 5.97 Å². The highest BCUT2D eigenvalue weighted by atomic mass is 16.5. The number of para-hydroxylation sites is 1. The molecule has 4 aromatic rings. The summed E-state index contributed by atoms with van der Waals surface area (Å²) in [5, 5.41) is 1.13. The molecular weight excluding hydrogens is 428 g/mol. The van der Waals surface area contributed by atoms with Gasteiger partial charge in [-0.1, -0.05) is 30.3 Å². The number of carbonyl (C=O) groups excluding carboxylic acids is 2. The number of fused-ring (bicyclic) bond motifs is 1. The number of hydrogen-bond donors (Lipinski definition) is 1. The molecule has 0 radical (unpaired) electrons. The molecule has 0 aliphatic carbocycles. The first-order chi connectivity index (χ1) is 16.5. The molecule has 0 saturated heterocycles. The van der Waals surface area contributed by atoms with Crippen LogP contribution in [0.2, 0.25) is 0 Å². The second kappa shape index (κ2) is 10.3. The van der Waals surface area contributed by atoms with Gasteiger partial charge in [-0.25, -0.2) is 4.79 Å². The van der Waals surface area contributed by atoms with Crippen molar-refractivity contribution >= 4 is 22.8 Å². The lowest BCUT2D eigenvalue weighted by atomic mass is 10.0. The largest absolute Gasteiger partial charge is 0.497 e. The minimum atomic E-state index is -0.373. The fourth-order valence-corrected chi connectivity index (χ4v) is 4.11. The number of methoxy groups -OCH3 is 2. The quantitative estimate of drug-likeness (QED) is 0.369. The van der Waals surface area contributed by atoms with E-state index in [9.17, 15) is 9.59 Å². The van der Waals surface area contributed by atoms with Crippen LogP contribution in [0, 0.1) is 0 Å². The number of carbonyl (C=O) groups is 2. The number of amides is 1. The third-order valence-electron chi connectivity index (χ3n) is 6.00. The number of H-pyrrole nitrogens is 1. The van der Waals surface area contributed by atoms with Crippen molar-refractivity contribution in [2.24, 2.45) is 0 Å². The van der Waals surface area contributed by atoms with E-state index in [1.165, 1.54) is 7.11 Å². The standard InChI is InChI=1S/C28H28N2O4/c1-30(18-19-8-10-21(11-9-19)28(32)34-3)26(31)17-16-24-23-6-4-5-7-25(23)29-27(24)20-12-14-22(33-2)15-13-20/h4-15,29H,16-18H2,1-3H3. The molecule has 3 aromatic carbocycles. The van der Waals surface area contributed by atoms with Gasteiger partial charge in [-0.15, -0.1) is 0 Å². The molecule has 1 amide bonds. The molecule has 0 aliphatic rings. The SMILES string of the molecule is COC(=O)c1ccc(CN(C)C(=O)CCc2c(-c3ccc(OC)cc3)[nH]c3ccccc23)cc1. The minimum absolute atomic E-state index is 0.0583. The Kier molecular flexibility index (Phi) is 6.97. The first kappa shape index (κ1) is 23.1. The van der Waals surface area contributed by atoms with Gasteiger partial charge in [0, 0.05) is 36.6 Å². The number of aromatic amines is 1. The van der Waals surface area contributed by atoms with Gasteiger partial charge in [-0.3, -0.25) is 4.79 Å². The Hall–Kier alpha value is -4.06. The minimum Gasteiger partial charge on any atom is -0.497 e. The van der Waals surface area contributed by atoms with Crippen LogP contribution in [0.1, 0.15) is 27.9 Å². The summed E-state index contributed by atoms with van der Waals surface area (Å²) in [6.07, 6.45) is 1.01. The van der Waals surface area contributed by atoms with Gasteiger partial charge in [0.15, 0.2) is 0 Å². The number of nitrogens with zero attached hydrogens (tertiary/aromatic N) is 1. The van der Waals surface area contributed by atoms with Crippen LogP contribution in [0.15, 0.2) is 72.8 Å². The molecular formula is C28H28N2O4. The summed E-state index contributed by atoms with van der Waals surface area (Å²) in [4.78, 5) is 29.8. The number of nitrogens with one attached hydrogen (secondary N) is 1. The summed E-state index contributed by atoms with van der Waals surface area (Å²) >= 11 is 0. The molecule has 0 unspecified atom stereocenters. The van der Waals surface area contributed by atoms with E-state index in [2.05, 4.69) is 17.1 Å². The van der Waals surface area contributed by atoms with E-state index >= 15 is 0 Å². The predicted octanol–water partition coefficient (Wildman–Crippen LogP) is 5.22. The lowest BCUT2D eigenvalue weighted by molar-refractivity contribution is -0.130. The molecule has 1 aromatic heterocycles. The van der Waals surface area contributed by atoms with Crippen LogP contribution in [0.3, 0.4) is 0 Å². The third kappa shape index (κ3) is 4.96. The zero-order valence-corrected chi connectivity index (χ0v) is 19.6. The molecule has 34 heavy (non-hydrogen) atoms. The number of rotatable bonds is 8. The highest BCUT2D eigenvalue weighted by Gasteiger charge is 2.16. The molecule has 4 rings (SSSR count). The van der Waals surface area contributed by atoms with Crippen LogP contribution >= 0.6 is 0 Å². The number of esters is 1. The highest BCUT2D eigenvalue weighted by molar-refractivity contribution is 5.91. The average molecular weight is 457 g/mol. The Bertz CT molecular complexity index is 1290. The molecule has 0 bridgehead atoms. The smallest absolute Gasteiger partial charge is 0.337 e. The van der Waals surface area contributed by atoms with Crippen molar-refractivity contribution in [2.45, 2.75) is 19.4 Å². The van der Waals surface area contributed by atoms with E-state index < -0.39 is 0 Å². The molecule has 6 nitrogen and oxygen atoms in total. The number of aromatic nitrogens is 1. The molecule has 0 saturated carbocycles. The van der Waals surface area contributed by atoms with E-state index in [-0.39, 0.29) is 11.9 Å². The van der Waals surface area contributed by atoms with Crippen LogP contribution in [-0.4, -0.2) is 43.0 Å². The maximum absolute atomic E-state index is 13.0. The molecule has 0 aliphatic heterocycles. The number of aryl methyl sites for hydroxylation is 1. The fraction of sp³-hybridized carbons (Fsp3) is 0.214. The molecule has 1 heterocycles. The van der Waals surface area contributed by atoms with E-state index in [1.807, 2.05) is 48.5 Å². The van der Waals surface area contributed by atoms with Crippen molar-refractivity contribution < 1.29 is 19.1 Å². The second-order valence-electron chi connectivity index (χ2n) is 8.19. The maximum Gasteiger partial charge on any atom is 0.337 e. The van der Waals surface area contributed by atoms with Crippen LogP contribution < -0.4 is 4.74 Å². The lowest BCUT2D eigenvalue weighted by Crippen LogP contribution is -2.26. The summed E-state index contributed by atoms with van der Waals surface area (Å²) in [6.45, 7) is 0.472. The Morgan fingerprint density at radius 1 is 0.912 bits per heavy atom. The van der Waals surface area contributed by atoms with Crippen molar-refractivity contribution in [1.29, 1.82) is 0 Å². The van der Waals surface area contributed by atoms with Crippen LogP contribution in [0.25, 0.3) is 22.2 Å². The van der Waals surface area contributed by atoms with Crippen molar-refractivity contribution in [3.63, 3.8) is 0 Å². The van der Waals surface area contributed by atoms with Crippen LogP contribution in [0.4, 0.5) is 0 Å². The zero-order valence-electron chi connectivity index (χ0n) is 19.6. The van der Waals surface area contributed by atoms with E-state index in [0.717, 1.165) is 39.0 Å². The predicted molar refractivity (Wildman–Crippen MR) is 133 cm³/mol. The van der Waals surface area contributed by atoms with Crippen LogP contribution in [-0.2, 0) is 22.5 Å². The van der Waals surface area contributed by atoms with Gasteiger partial charge in [0.05, 0.1) is 19.8 Å². The monoisotopic (exact) mass is 456 g/mol. The molecule has 6 heteroatoms. The first-order valence-corrected chi connectivity index (χ1v) is 11.2. The second-order valence-corrected chi connectivity index (χ2v) is 8.19. The topological polar surface area (TPSA) is 71.6 Å². The third-order valence-corrected chi connectivity index (χ3v) is 6.00. The van der Waals surface area contributed by atoms with Gasteiger partial charge in [0.1, 0.15) is 5.75 Å². The Balaban J connectivity index is 1.49. The van der Waals surface area contributed by atoms with Crippen molar-refractivity contribution in [2.75, 3.05) is 21.3 Å². The summed E-state index contributed by atoms with van der Waals surface area (Å²) < 4.78 is 10.0. The lowest BCUT2D eigenvalue weighted by Gasteiger charge is -2.18. The van der Waals surface area contributed by atoms with Crippen molar-refractivity contribution in [3.8, 4) is 17.0 Å². The number of benzene rings is 3. The van der Waals surface area contributed by atoms with E-state index in [4.69, 9.17) is 9.47 Å². The normalized spacial score (nSPS) is 10.8. The summed E-state index contributed by atoms with van der Waals surface area (Å²) in [6, 6.07) is 23.2. The summed E-state index contributed by atoms with van der Waals surface area (Å²) in [5.74, 6) is 0.489. The number of hydrogen-bond acceptors (Lipinski definition) is 4. The Labute approximate surface area is 199 Å². The summed E-state index contributed by atoms with van der Waals surface area (Å²) in [5.41, 5.74) is 5.70. The molecule has 0 fully saturated rings. The highest BCUT2D eigenvalue weighted by Crippen LogP contribution is 2.32. The van der Waals surface area contributed by atoms with Gasteiger partial charge in [-0.2, -0.15) is 0 Å². The van der Waals surface area contributed by atoms with Gasteiger partial charge in [0.25, 0.3) is 0 Å². The molecule has 174 valence electrons. The fourth-order valence-electron chi connectivity index (χ4n) is 4.11. The van der Waals surface area contributed by atoms with Crippen molar-refractivity contribution in [1.82, 2.24) is 9.88 Å². The van der Waals surface area contributed by atoms with E-state index in [1.54, 1.807) is 31.2 Å². The maximum atomic E-state index is 13.0. The Morgan fingerprint density at radius 3 is 2.29 bits per heavy atom. The first-order valence-electron chi connectivity index (χ1n) is 11.2. The summed E-state index contributed by atoms with van der Waals surface area (Å²) in [7, 11) is 4.81. The van der Waals surface area contributed by atoms with Gasteiger partial charge in [-0.05, 0) is 65.6 Å². The molecule has 0 atom stereocenters. The number of ether oxygens (including phenoxy) is 2. The molecule has 0 spiro atoms. The van der Waals surface area contributed by atoms with Gasteiger partial charge in [0.2, 0.25) is 5.91 Å². The van der Waals surface area contributed by atoms with Gasteiger partial charge < -0.3 is 19.4 Å².